The number of aromatic hydroxyl groups is 1. The Balaban J connectivity index is 0.000000547. The molecule has 3 heterocycles. The number of nitrogens with one attached hydrogen (secondary N) is 1. The molecule has 1 aliphatic heterocycles. The van der Waals surface area contributed by atoms with Crippen molar-refractivity contribution < 1.29 is 5.11 Å². The molecule has 2 aliphatic rings. The Morgan fingerprint density at radius 1 is 0.963 bits per heavy atom. The Morgan fingerprint density at radius 2 is 1.70 bits per heavy atom. The number of piperazine rings is 1. The van der Waals surface area contributed by atoms with Crippen molar-refractivity contribution in [2.45, 2.75) is 19.3 Å². The zero-order valence-electron chi connectivity index (χ0n) is 15.0. The molecule has 2 aromatic heterocycles. The first kappa shape index (κ1) is 17.3. The molecule has 2 fully saturated rings. The van der Waals surface area contributed by atoms with Crippen molar-refractivity contribution in [3.05, 3.63) is 36.8 Å². The van der Waals surface area contributed by atoms with E-state index in [1.807, 2.05) is 0 Å². The van der Waals surface area contributed by atoms with Crippen molar-refractivity contribution in [1.82, 2.24) is 35.5 Å². The Labute approximate surface area is 157 Å². The van der Waals surface area contributed by atoms with Crippen LogP contribution in [0.4, 0.5) is 5.95 Å². The van der Waals surface area contributed by atoms with Crippen LogP contribution in [0.1, 0.15) is 19.3 Å². The van der Waals surface area contributed by atoms with E-state index in [9.17, 15) is 5.11 Å². The molecule has 0 unspecified atom stereocenters. The topological polar surface area (TPSA) is 105 Å². The van der Waals surface area contributed by atoms with E-state index in [4.69, 9.17) is 0 Å². The maximum atomic E-state index is 10.3. The van der Waals surface area contributed by atoms with Gasteiger partial charge in [-0.25, -0.2) is 4.98 Å². The number of phenols is 1. The molecule has 0 amide bonds. The van der Waals surface area contributed by atoms with Crippen LogP contribution in [-0.2, 0) is 0 Å². The lowest BCUT2D eigenvalue weighted by Gasteiger charge is -2.26. The van der Waals surface area contributed by atoms with Crippen LogP contribution in [0.15, 0.2) is 36.8 Å². The number of hydrogen-bond acceptors (Lipinski definition) is 8. The Bertz CT molecular complexity index is 855. The molecule has 3 aromatic rings. The van der Waals surface area contributed by atoms with Gasteiger partial charge in [-0.1, -0.05) is 19.3 Å². The van der Waals surface area contributed by atoms with Crippen LogP contribution in [0.3, 0.4) is 0 Å². The third kappa shape index (κ3) is 4.37. The molecular weight excluding hydrogens is 344 g/mol. The van der Waals surface area contributed by atoms with Crippen molar-refractivity contribution in [3.8, 4) is 22.7 Å². The highest BCUT2D eigenvalue weighted by Crippen LogP contribution is 2.29. The second-order valence-corrected chi connectivity index (χ2v) is 6.46. The average molecular weight is 366 g/mol. The second-order valence-electron chi connectivity index (χ2n) is 6.46. The van der Waals surface area contributed by atoms with E-state index in [0.29, 0.717) is 22.9 Å². The van der Waals surface area contributed by atoms with Crippen molar-refractivity contribution in [2.24, 2.45) is 0 Å². The second kappa shape index (κ2) is 8.09. The Morgan fingerprint density at radius 3 is 2.30 bits per heavy atom. The number of rotatable bonds is 3. The van der Waals surface area contributed by atoms with Crippen LogP contribution in [0, 0.1) is 0 Å². The summed E-state index contributed by atoms with van der Waals surface area (Å²) in [5.41, 5.74) is 1.75. The highest BCUT2D eigenvalue weighted by molar-refractivity contribution is 5.67. The van der Waals surface area contributed by atoms with E-state index in [0.717, 1.165) is 26.2 Å². The summed E-state index contributed by atoms with van der Waals surface area (Å²) in [6.07, 6.45) is 9.29. The van der Waals surface area contributed by atoms with Gasteiger partial charge in [0, 0.05) is 37.8 Å². The van der Waals surface area contributed by atoms with Gasteiger partial charge in [0.25, 0.3) is 0 Å². The monoisotopic (exact) mass is 366 g/mol. The van der Waals surface area contributed by atoms with Crippen LogP contribution in [0.5, 0.6) is 5.75 Å². The summed E-state index contributed by atoms with van der Waals surface area (Å²) in [6.45, 7) is 3.54. The van der Waals surface area contributed by atoms with Gasteiger partial charge >= 0.3 is 0 Å². The summed E-state index contributed by atoms with van der Waals surface area (Å²) in [7, 11) is 0. The molecule has 9 nitrogen and oxygen atoms in total. The van der Waals surface area contributed by atoms with E-state index in [-0.39, 0.29) is 5.75 Å². The van der Waals surface area contributed by atoms with Gasteiger partial charge in [0.2, 0.25) is 5.95 Å². The number of benzene rings is 1. The molecule has 140 valence electrons. The van der Waals surface area contributed by atoms with E-state index in [1.165, 1.54) is 24.1 Å². The maximum absolute atomic E-state index is 10.3. The minimum absolute atomic E-state index is 0.0795. The summed E-state index contributed by atoms with van der Waals surface area (Å²) >= 11 is 0. The number of hydrogen-bond donors (Lipinski definition) is 2. The predicted molar refractivity (Wildman–Crippen MR) is 101 cm³/mol. The van der Waals surface area contributed by atoms with E-state index in [1.54, 1.807) is 36.8 Å². The van der Waals surface area contributed by atoms with Gasteiger partial charge in [0.1, 0.15) is 11.4 Å². The zero-order valence-corrected chi connectivity index (χ0v) is 15.0. The molecule has 0 radical (unpaired) electrons. The normalized spacial score (nSPS) is 15.8. The summed E-state index contributed by atoms with van der Waals surface area (Å²) in [5.74, 6) is 0.688. The minimum atomic E-state index is 0.0795. The SMILES string of the molecule is C1CC1.Oc1cc(-n2nccn2)ccc1-c1cnc(N2CCNCC2)nn1. The first-order valence-corrected chi connectivity index (χ1v) is 9.17. The van der Waals surface area contributed by atoms with Gasteiger partial charge in [-0.3, -0.25) is 0 Å². The van der Waals surface area contributed by atoms with Gasteiger partial charge in [-0.2, -0.15) is 15.0 Å². The maximum Gasteiger partial charge on any atom is 0.245 e. The first-order chi connectivity index (χ1) is 13.3. The molecule has 1 saturated heterocycles. The third-order valence-electron chi connectivity index (χ3n) is 4.21. The van der Waals surface area contributed by atoms with E-state index >= 15 is 0 Å². The lowest BCUT2D eigenvalue weighted by Crippen LogP contribution is -2.44. The van der Waals surface area contributed by atoms with Crippen LogP contribution >= 0.6 is 0 Å². The average Bonchev–Trinajstić information content (AvgIpc) is 3.51. The molecular formula is C18H22N8O. The molecule has 1 saturated carbocycles. The molecule has 5 rings (SSSR count). The Kier molecular flexibility index (Phi) is 5.20. The van der Waals surface area contributed by atoms with E-state index in [2.05, 4.69) is 35.6 Å². The number of nitrogens with zero attached hydrogens (tertiary/aromatic N) is 7. The molecule has 0 spiro atoms. The first-order valence-electron chi connectivity index (χ1n) is 9.17. The van der Waals surface area contributed by atoms with Gasteiger partial charge in [-0.15, -0.1) is 10.2 Å². The lowest BCUT2D eigenvalue weighted by atomic mass is 10.1. The number of phenolic OH excluding ortho intramolecular Hbond substituents is 1. The zero-order chi connectivity index (χ0) is 18.5. The number of anilines is 1. The van der Waals surface area contributed by atoms with Crippen molar-refractivity contribution in [1.29, 1.82) is 0 Å². The standard InChI is InChI=1S/C15H16N8O.C3H6/c24-14-9-11(23-18-3-4-19-23)1-2-12(14)13-10-17-15(21-20-13)22-7-5-16-6-8-22;1-2-3-1/h1-4,9-10,16,24H,5-8H2;1-3H2. The van der Waals surface area contributed by atoms with Crippen molar-refractivity contribution in [2.75, 3.05) is 31.1 Å². The van der Waals surface area contributed by atoms with Crippen LogP contribution in [0.2, 0.25) is 0 Å². The van der Waals surface area contributed by atoms with Gasteiger partial charge < -0.3 is 15.3 Å². The molecule has 9 heteroatoms. The van der Waals surface area contributed by atoms with Gasteiger partial charge in [-0.05, 0) is 12.1 Å². The highest BCUT2D eigenvalue weighted by atomic mass is 16.3. The third-order valence-corrected chi connectivity index (χ3v) is 4.21. The highest BCUT2D eigenvalue weighted by Gasteiger charge is 2.15. The van der Waals surface area contributed by atoms with Crippen molar-refractivity contribution >= 4 is 5.95 Å². The quantitative estimate of drug-likeness (QED) is 0.717. The van der Waals surface area contributed by atoms with E-state index < -0.39 is 0 Å². The molecule has 1 aliphatic carbocycles. The summed E-state index contributed by atoms with van der Waals surface area (Å²) in [4.78, 5) is 7.89. The van der Waals surface area contributed by atoms with Crippen LogP contribution < -0.4 is 10.2 Å². The van der Waals surface area contributed by atoms with Crippen molar-refractivity contribution in [3.63, 3.8) is 0 Å². The summed E-state index contributed by atoms with van der Waals surface area (Å²) in [5, 5.41) is 30.0. The molecule has 2 N–H and O–H groups in total. The fourth-order valence-electron chi connectivity index (χ4n) is 2.61. The molecule has 0 atom stereocenters. The summed E-state index contributed by atoms with van der Waals surface area (Å²) < 4.78 is 0. The minimum Gasteiger partial charge on any atom is -0.507 e. The van der Waals surface area contributed by atoms with Crippen LogP contribution in [0.25, 0.3) is 16.9 Å². The lowest BCUT2D eigenvalue weighted by molar-refractivity contribution is 0.476. The smallest absolute Gasteiger partial charge is 0.245 e. The largest absolute Gasteiger partial charge is 0.507 e. The summed E-state index contributed by atoms with van der Waals surface area (Å²) in [6, 6.07) is 5.15. The Hall–Kier alpha value is -3.07. The van der Waals surface area contributed by atoms with Gasteiger partial charge in [0.15, 0.2) is 0 Å². The van der Waals surface area contributed by atoms with Crippen LogP contribution in [-0.4, -0.2) is 61.5 Å². The molecule has 0 bridgehead atoms. The van der Waals surface area contributed by atoms with Gasteiger partial charge in [0.05, 0.1) is 24.3 Å². The molecule has 27 heavy (non-hydrogen) atoms. The fraction of sp³-hybridized carbons (Fsp3) is 0.389. The number of aromatic nitrogens is 6. The molecule has 1 aromatic carbocycles. The fourth-order valence-corrected chi connectivity index (χ4v) is 2.61. The predicted octanol–water partition coefficient (Wildman–Crippen LogP) is 1.40.